The molecule has 1 aliphatic heterocycles. The van der Waals surface area contributed by atoms with Crippen LogP contribution in [0, 0.1) is 5.92 Å². The van der Waals surface area contributed by atoms with Crippen LogP contribution >= 0.6 is 0 Å². The van der Waals surface area contributed by atoms with Gasteiger partial charge in [0.15, 0.2) is 0 Å². The zero-order valence-corrected chi connectivity index (χ0v) is 10.1. The van der Waals surface area contributed by atoms with Gasteiger partial charge < -0.3 is 14.9 Å². The molecule has 1 heterocycles. The molecule has 0 radical (unpaired) electrons. The molecular formula is C11H20N2O3. The van der Waals surface area contributed by atoms with Gasteiger partial charge in [-0.2, -0.15) is 0 Å². The number of rotatable bonds is 5. The van der Waals surface area contributed by atoms with E-state index >= 15 is 0 Å². The van der Waals surface area contributed by atoms with Gasteiger partial charge >= 0.3 is 5.97 Å². The normalized spacial score (nSPS) is 25.5. The zero-order chi connectivity index (χ0) is 12.3. The minimum absolute atomic E-state index is 0.0325. The summed E-state index contributed by atoms with van der Waals surface area (Å²) in [6.45, 7) is 0.873. The molecule has 16 heavy (non-hydrogen) atoms. The lowest BCUT2D eigenvalue weighted by Gasteiger charge is -2.25. The fourth-order valence-electron chi connectivity index (χ4n) is 2.26. The number of hydrogen-bond acceptors (Lipinski definition) is 3. The first-order valence-electron chi connectivity index (χ1n) is 5.54. The molecule has 1 N–H and O–H groups in total. The van der Waals surface area contributed by atoms with Crippen LogP contribution in [0.25, 0.3) is 0 Å². The summed E-state index contributed by atoms with van der Waals surface area (Å²) in [5.41, 5.74) is 0. The van der Waals surface area contributed by atoms with E-state index in [1.54, 1.807) is 11.9 Å². The average Bonchev–Trinajstić information content (AvgIpc) is 2.39. The third-order valence-electron chi connectivity index (χ3n) is 3.18. The lowest BCUT2D eigenvalue weighted by Crippen LogP contribution is -2.35. The lowest BCUT2D eigenvalue weighted by molar-refractivity contribution is -0.138. The van der Waals surface area contributed by atoms with Gasteiger partial charge in [-0.1, -0.05) is 0 Å². The van der Waals surface area contributed by atoms with E-state index in [0.29, 0.717) is 6.42 Å². The molecule has 5 nitrogen and oxygen atoms in total. The predicted molar refractivity (Wildman–Crippen MR) is 60.1 cm³/mol. The highest BCUT2D eigenvalue weighted by Gasteiger charge is 2.37. The van der Waals surface area contributed by atoms with E-state index in [1.807, 2.05) is 14.1 Å². The second-order valence-electron chi connectivity index (χ2n) is 4.73. The Bertz CT molecular complexity index is 276. The van der Waals surface area contributed by atoms with E-state index in [0.717, 1.165) is 13.0 Å². The van der Waals surface area contributed by atoms with Crippen LogP contribution in [0.15, 0.2) is 0 Å². The predicted octanol–water partition coefficient (Wildman–Crippen LogP) is 0.260. The Balaban J connectivity index is 2.60. The number of likely N-dealkylation sites (tertiary alicyclic amines) is 1. The van der Waals surface area contributed by atoms with Crippen molar-refractivity contribution in [2.45, 2.75) is 25.3 Å². The van der Waals surface area contributed by atoms with Crippen molar-refractivity contribution in [1.29, 1.82) is 0 Å². The molecule has 1 saturated heterocycles. The van der Waals surface area contributed by atoms with Crippen molar-refractivity contribution in [3.8, 4) is 0 Å². The Morgan fingerprint density at radius 2 is 2.19 bits per heavy atom. The highest BCUT2D eigenvalue weighted by molar-refractivity contribution is 5.80. The van der Waals surface area contributed by atoms with E-state index < -0.39 is 5.97 Å². The largest absolute Gasteiger partial charge is 0.481 e. The maximum atomic E-state index is 11.5. The summed E-state index contributed by atoms with van der Waals surface area (Å²) in [5, 5.41) is 8.80. The third-order valence-corrected chi connectivity index (χ3v) is 3.18. The maximum absolute atomic E-state index is 11.5. The Labute approximate surface area is 96.0 Å². The van der Waals surface area contributed by atoms with Crippen LogP contribution in [0.4, 0.5) is 0 Å². The molecule has 5 heteroatoms. The quantitative estimate of drug-likeness (QED) is 0.733. The van der Waals surface area contributed by atoms with E-state index in [2.05, 4.69) is 4.90 Å². The van der Waals surface area contributed by atoms with Gasteiger partial charge in [0.05, 0.1) is 6.42 Å². The van der Waals surface area contributed by atoms with Gasteiger partial charge in [0, 0.05) is 19.5 Å². The monoisotopic (exact) mass is 228 g/mol. The maximum Gasteiger partial charge on any atom is 0.303 e. The molecule has 0 saturated carbocycles. The van der Waals surface area contributed by atoms with Gasteiger partial charge in [-0.25, -0.2) is 0 Å². The summed E-state index contributed by atoms with van der Waals surface area (Å²) in [4.78, 5) is 26.0. The van der Waals surface area contributed by atoms with Gasteiger partial charge in [-0.05, 0) is 33.0 Å². The summed E-state index contributed by atoms with van der Waals surface area (Å²) in [6, 6.07) is 0.0750. The number of carbonyl (C=O) groups is 2. The second kappa shape index (κ2) is 5.30. The van der Waals surface area contributed by atoms with E-state index in [-0.39, 0.29) is 24.3 Å². The van der Waals surface area contributed by atoms with E-state index in [4.69, 9.17) is 5.11 Å². The highest BCUT2D eigenvalue weighted by atomic mass is 16.4. The molecule has 92 valence electrons. The summed E-state index contributed by atoms with van der Waals surface area (Å²) < 4.78 is 0. The number of aliphatic carboxylic acids is 1. The van der Waals surface area contributed by atoms with Gasteiger partial charge in [0.1, 0.15) is 0 Å². The van der Waals surface area contributed by atoms with Crippen molar-refractivity contribution in [3.05, 3.63) is 0 Å². The van der Waals surface area contributed by atoms with Crippen LogP contribution in [0.2, 0.25) is 0 Å². The van der Waals surface area contributed by atoms with Crippen LogP contribution in [0.3, 0.4) is 0 Å². The van der Waals surface area contributed by atoms with E-state index in [9.17, 15) is 9.59 Å². The third kappa shape index (κ3) is 3.20. The van der Waals surface area contributed by atoms with E-state index in [1.165, 1.54) is 0 Å². The van der Waals surface area contributed by atoms with Crippen molar-refractivity contribution in [2.75, 3.05) is 27.7 Å². The first-order chi connectivity index (χ1) is 7.41. The second-order valence-corrected chi connectivity index (χ2v) is 4.73. The SMILES string of the molecule is CN(C)CC[C@@H]1[C@@H](CC(=O)O)CC(=O)N1C. The molecular weight excluding hydrogens is 208 g/mol. The fraction of sp³-hybridized carbons (Fsp3) is 0.818. The topological polar surface area (TPSA) is 60.9 Å². The van der Waals surface area contributed by atoms with Gasteiger partial charge in [-0.3, -0.25) is 9.59 Å². The first-order valence-corrected chi connectivity index (χ1v) is 5.54. The molecule has 1 amide bonds. The zero-order valence-electron chi connectivity index (χ0n) is 10.1. The summed E-state index contributed by atoms with van der Waals surface area (Å²) in [5.74, 6) is -0.784. The molecule has 0 aromatic heterocycles. The molecule has 0 unspecified atom stereocenters. The molecule has 1 rings (SSSR count). The Kier molecular flexibility index (Phi) is 4.29. The smallest absolute Gasteiger partial charge is 0.303 e. The average molecular weight is 228 g/mol. The van der Waals surface area contributed by atoms with Crippen molar-refractivity contribution < 1.29 is 14.7 Å². The molecule has 0 spiro atoms. The lowest BCUT2D eigenvalue weighted by atomic mass is 9.94. The van der Waals surface area contributed by atoms with Crippen molar-refractivity contribution in [1.82, 2.24) is 9.80 Å². The molecule has 2 atom stereocenters. The number of nitrogens with zero attached hydrogens (tertiary/aromatic N) is 2. The number of carboxylic acid groups (broad SMARTS) is 1. The van der Waals surface area contributed by atoms with Gasteiger partial charge in [-0.15, -0.1) is 0 Å². The number of carbonyl (C=O) groups excluding carboxylic acids is 1. The summed E-state index contributed by atoms with van der Waals surface area (Å²) in [7, 11) is 5.72. The van der Waals surface area contributed by atoms with Crippen LogP contribution < -0.4 is 0 Å². The number of amides is 1. The van der Waals surface area contributed by atoms with Crippen LogP contribution in [-0.2, 0) is 9.59 Å². The minimum Gasteiger partial charge on any atom is -0.481 e. The standard InChI is InChI=1S/C11H20N2O3/c1-12(2)5-4-9-8(7-11(15)16)6-10(14)13(9)3/h8-9H,4-7H2,1-3H3,(H,15,16)/t8-,9-/m1/s1. The van der Waals surface area contributed by atoms with Crippen molar-refractivity contribution >= 4 is 11.9 Å². The Morgan fingerprint density at radius 3 is 2.69 bits per heavy atom. The summed E-state index contributed by atoms with van der Waals surface area (Å²) in [6.07, 6.45) is 1.31. The molecule has 0 aliphatic carbocycles. The van der Waals surface area contributed by atoms with Crippen LogP contribution in [-0.4, -0.2) is 60.5 Å². The van der Waals surface area contributed by atoms with Gasteiger partial charge in [0.25, 0.3) is 0 Å². The van der Waals surface area contributed by atoms with Crippen LogP contribution in [0.1, 0.15) is 19.3 Å². The minimum atomic E-state index is -0.817. The van der Waals surface area contributed by atoms with Gasteiger partial charge in [0.2, 0.25) is 5.91 Å². The highest BCUT2D eigenvalue weighted by Crippen LogP contribution is 2.29. The summed E-state index contributed by atoms with van der Waals surface area (Å²) >= 11 is 0. The Hall–Kier alpha value is -1.10. The van der Waals surface area contributed by atoms with Crippen molar-refractivity contribution in [2.24, 2.45) is 5.92 Å². The number of hydrogen-bond donors (Lipinski definition) is 1. The molecule has 0 bridgehead atoms. The van der Waals surface area contributed by atoms with Crippen molar-refractivity contribution in [3.63, 3.8) is 0 Å². The number of carboxylic acids is 1. The molecule has 1 fully saturated rings. The molecule has 0 aromatic rings. The molecule has 0 aromatic carbocycles. The van der Waals surface area contributed by atoms with Crippen LogP contribution in [0.5, 0.6) is 0 Å². The Morgan fingerprint density at radius 1 is 1.56 bits per heavy atom. The fourth-order valence-corrected chi connectivity index (χ4v) is 2.26. The molecule has 1 aliphatic rings. The first kappa shape index (κ1) is 13.0.